The largest absolute Gasteiger partial charge is 0.491 e. The van der Waals surface area contributed by atoms with Crippen LogP contribution in [0.15, 0.2) is 42.6 Å². The van der Waals surface area contributed by atoms with Gasteiger partial charge in [-0.25, -0.2) is 18.1 Å². The maximum Gasteiger partial charge on any atom is 0.417 e. The fourth-order valence-electron chi connectivity index (χ4n) is 2.74. The maximum absolute atomic E-state index is 12.8. The van der Waals surface area contributed by atoms with Crippen LogP contribution in [0.4, 0.5) is 13.2 Å². The van der Waals surface area contributed by atoms with E-state index < -0.39 is 27.7 Å². The van der Waals surface area contributed by atoms with Crippen LogP contribution >= 0.6 is 0 Å². The highest BCUT2D eigenvalue weighted by atomic mass is 32.2. The van der Waals surface area contributed by atoms with Crippen LogP contribution in [0.2, 0.25) is 0 Å². The number of aromatic nitrogens is 1. The second-order valence-electron chi connectivity index (χ2n) is 7.35. The summed E-state index contributed by atoms with van der Waals surface area (Å²) in [5.41, 5.74) is -0.595. The molecule has 0 atom stereocenters. The van der Waals surface area contributed by atoms with Crippen molar-refractivity contribution in [3.8, 4) is 17.4 Å². The number of rotatable bonds is 13. The molecule has 12 heteroatoms. The number of benzene rings is 1. The number of halogens is 3. The van der Waals surface area contributed by atoms with Gasteiger partial charge in [0, 0.05) is 37.1 Å². The summed E-state index contributed by atoms with van der Waals surface area (Å²) in [6, 6.07) is 6.48. The Morgan fingerprint density at radius 2 is 1.91 bits per heavy atom. The van der Waals surface area contributed by atoms with Gasteiger partial charge < -0.3 is 14.2 Å². The van der Waals surface area contributed by atoms with Crippen LogP contribution in [0.1, 0.15) is 37.3 Å². The van der Waals surface area contributed by atoms with E-state index in [1.807, 2.05) is 11.6 Å². The van der Waals surface area contributed by atoms with Gasteiger partial charge in [0.25, 0.3) is 5.91 Å². The van der Waals surface area contributed by atoms with Gasteiger partial charge in [-0.2, -0.15) is 13.2 Å². The highest BCUT2D eigenvalue weighted by Gasteiger charge is 2.30. The molecule has 1 N–H and O–H groups in total. The number of alkyl halides is 3. The van der Waals surface area contributed by atoms with Crippen molar-refractivity contribution in [2.75, 3.05) is 26.1 Å². The lowest BCUT2D eigenvalue weighted by atomic mass is 10.1. The van der Waals surface area contributed by atoms with Gasteiger partial charge in [-0.1, -0.05) is 19.8 Å². The third kappa shape index (κ3) is 9.95. The molecule has 1 heterocycles. The summed E-state index contributed by atoms with van der Waals surface area (Å²) >= 11 is 0. The lowest BCUT2D eigenvalue weighted by Crippen LogP contribution is -2.31. The quantitative estimate of drug-likeness (QED) is 0.307. The number of carbonyl (C=O) groups is 1. The Morgan fingerprint density at radius 1 is 1.14 bits per heavy atom. The molecule has 1 aromatic heterocycles. The van der Waals surface area contributed by atoms with Crippen molar-refractivity contribution >= 4 is 22.0 Å². The lowest BCUT2D eigenvalue weighted by molar-refractivity contribution is -0.137. The Bertz CT molecular complexity index is 1100. The molecular weight excluding hydrogens is 489 g/mol. The Morgan fingerprint density at radius 3 is 2.54 bits per heavy atom. The highest BCUT2D eigenvalue weighted by Crippen LogP contribution is 2.32. The maximum atomic E-state index is 12.8. The third-order valence-corrected chi connectivity index (χ3v) is 5.84. The Kier molecular flexibility index (Phi) is 10.5. The number of ether oxygens (including phenoxy) is 3. The second-order valence-corrected chi connectivity index (χ2v) is 9.19. The van der Waals surface area contributed by atoms with Gasteiger partial charge in [-0.05, 0) is 30.7 Å². The molecule has 2 aromatic rings. The van der Waals surface area contributed by atoms with E-state index in [9.17, 15) is 26.4 Å². The van der Waals surface area contributed by atoms with Crippen molar-refractivity contribution in [1.29, 1.82) is 0 Å². The Labute approximate surface area is 202 Å². The van der Waals surface area contributed by atoms with Gasteiger partial charge in [-0.3, -0.25) is 4.79 Å². The molecule has 0 saturated heterocycles. The Hall–Kier alpha value is -3.12. The van der Waals surface area contributed by atoms with Gasteiger partial charge in [0.2, 0.25) is 15.9 Å². The van der Waals surface area contributed by atoms with Crippen LogP contribution in [-0.2, 0) is 25.7 Å². The van der Waals surface area contributed by atoms with Crippen LogP contribution < -0.4 is 14.2 Å². The molecule has 1 amide bonds. The highest BCUT2D eigenvalue weighted by molar-refractivity contribution is 7.90. The average molecular weight is 517 g/mol. The third-order valence-electron chi connectivity index (χ3n) is 4.51. The van der Waals surface area contributed by atoms with E-state index in [1.165, 1.54) is 19.3 Å². The van der Waals surface area contributed by atoms with Crippen molar-refractivity contribution < 1.29 is 40.6 Å². The monoisotopic (exact) mass is 516 g/mol. The SMILES string of the molecule is CCCCCS(=O)(=O)NC(=O)/C=C/c1ccc(OCCOC)cc1Oc1ccc(C(F)(F)F)cn1. The van der Waals surface area contributed by atoms with E-state index in [0.29, 0.717) is 30.5 Å². The number of unbranched alkanes of at least 4 members (excludes halogenated alkanes) is 2. The van der Waals surface area contributed by atoms with Crippen molar-refractivity contribution in [3.63, 3.8) is 0 Å². The van der Waals surface area contributed by atoms with Gasteiger partial charge in [-0.15, -0.1) is 0 Å². The number of nitrogens with zero attached hydrogens (tertiary/aromatic N) is 1. The molecule has 1 aromatic carbocycles. The zero-order chi connectivity index (χ0) is 25.9. The number of hydrogen-bond acceptors (Lipinski definition) is 7. The van der Waals surface area contributed by atoms with Crippen LogP contribution in [0.25, 0.3) is 6.08 Å². The van der Waals surface area contributed by atoms with E-state index in [1.54, 1.807) is 12.1 Å². The zero-order valence-electron chi connectivity index (χ0n) is 19.3. The standard InChI is InChI=1S/C23H27F3N2O6S/c1-3-4-5-14-35(30,31)28-21(29)10-7-17-6-9-19(33-13-12-32-2)15-20(17)34-22-11-8-18(16-27-22)23(24,25)26/h6-11,15-16H,3-5,12-14H2,1-2H3,(H,28,29)/b10-7+. The summed E-state index contributed by atoms with van der Waals surface area (Å²) in [6.07, 6.45) is 0.429. The number of sulfonamides is 1. The number of hydrogen-bond donors (Lipinski definition) is 1. The fourth-order valence-corrected chi connectivity index (χ4v) is 3.80. The molecule has 0 unspecified atom stereocenters. The number of methoxy groups -OCH3 is 1. The average Bonchev–Trinajstić information content (AvgIpc) is 2.78. The molecule has 8 nitrogen and oxygen atoms in total. The van der Waals surface area contributed by atoms with E-state index in [-0.39, 0.29) is 24.0 Å². The normalized spacial score (nSPS) is 12.0. The first kappa shape index (κ1) is 28.1. The second kappa shape index (κ2) is 13.1. The van der Waals surface area contributed by atoms with E-state index in [2.05, 4.69) is 4.98 Å². The van der Waals surface area contributed by atoms with Crippen molar-refractivity contribution in [2.24, 2.45) is 0 Å². The first-order valence-electron chi connectivity index (χ1n) is 10.7. The predicted molar refractivity (Wildman–Crippen MR) is 124 cm³/mol. The first-order valence-corrected chi connectivity index (χ1v) is 12.4. The molecule has 0 saturated carbocycles. The minimum atomic E-state index is -4.54. The molecule has 0 aliphatic heterocycles. The Balaban J connectivity index is 2.22. The van der Waals surface area contributed by atoms with Crippen LogP contribution in [0.3, 0.4) is 0 Å². The molecule has 0 aliphatic carbocycles. The van der Waals surface area contributed by atoms with Crippen LogP contribution in [0, 0.1) is 0 Å². The number of pyridine rings is 1. The number of carbonyl (C=O) groups excluding carboxylic acids is 1. The summed E-state index contributed by atoms with van der Waals surface area (Å²) in [7, 11) is -2.26. The number of amides is 1. The lowest BCUT2D eigenvalue weighted by Gasteiger charge is -2.12. The van der Waals surface area contributed by atoms with Crippen molar-refractivity contribution in [2.45, 2.75) is 32.4 Å². The molecule has 2 rings (SSSR count). The van der Waals surface area contributed by atoms with Gasteiger partial charge in [0.05, 0.1) is 17.9 Å². The number of nitrogens with one attached hydrogen (secondary N) is 1. The topological polar surface area (TPSA) is 104 Å². The summed E-state index contributed by atoms with van der Waals surface area (Å²) in [4.78, 5) is 15.8. The smallest absolute Gasteiger partial charge is 0.417 e. The van der Waals surface area contributed by atoms with Crippen molar-refractivity contribution in [1.82, 2.24) is 9.71 Å². The van der Waals surface area contributed by atoms with Gasteiger partial charge >= 0.3 is 6.18 Å². The van der Waals surface area contributed by atoms with Gasteiger partial charge in [0.1, 0.15) is 18.1 Å². The summed E-state index contributed by atoms with van der Waals surface area (Å²) in [5, 5.41) is 0. The summed E-state index contributed by atoms with van der Waals surface area (Å²) in [5.74, 6) is -0.627. The zero-order valence-corrected chi connectivity index (χ0v) is 20.1. The minimum Gasteiger partial charge on any atom is -0.491 e. The first-order chi connectivity index (χ1) is 16.5. The van der Waals surface area contributed by atoms with Gasteiger partial charge in [0.15, 0.2) is 0 Å². The molecule has 192 valence electrons. The van der Waals surface area contributed by atoms with Crippen LogP contribution in [-0.4, -0.2) is 45.4 Å². The molecule has 0 radical (unpaired) electrons. The summed E-state index contributed by atoms with van der Waals surface area (Å²) in [6.45, 7) is 2.49. The molecule has 0 bridgehead atoms. The van der Waals surface area contributed by atoms with Crippen LogP contribution in [0.5, 0.6) is 17.4 Å². The fraction of sp³-hybridized carbons (Fsp3) is 0.391. The molecular formula is C23H27F3N2O6S. The van der Waals surface area contributed by atoms with Crippen molar-refractivity contribution in [3.05, 3.63) is 53.7 Å². The van der Waals surface area contributed by atoms with E-state index in [4.69, 9.17) is 14.2 Å². The predicted octanol–water partition coefficient (Wildman–Crippen LogP) is 4.57. The molecule has 0 fully saturated rings. The van der Waals surface area contributed by atoms with E-state index in [0.717, 1.165) is 31.1 Å². The minimum absolute atomic E-state index is 0.121. The molecule has 35 heavy (non-hydrogen) atoms. The van der Waals surface area contributed by atoms with E-state index >= 15 is 0 Å². The summed E-state index contributed by atoms with van der Waals surface area (Å²) < 4.78 is 80.4. The molecule has 0 spiro atoms. The molecule has 0 aliphatic rings.